The number of fused-ring (bicyclic) bond motifs is 1. The van der Waals surface area contributed by atoms with Crippen molar-refractivity contribution in [2.24, 2.45) is 17.8 Å². The van der Waals surface area contributed by atoms with E-state index in [-0.39, 0.29) is 17.1 Å². The maximum atomic E-state index is 13.8. The van der Waals surface area contributed by atoms with Crippen LogP contribution in [0, 0.1) is 41.7 Å². The zero-order valence-corrected chi connectivity index (χ0v) is 25.4. The monoisotopic (exact) mass is 590 g/mol. The number of aryl methyl sites for hydroxylation is 2. The Hall–Kier alpha value is -3.82. The summed E-state index contributed by atoms with van der Waals surface area (Å²) in [5.74, 6) is -2.91. The lowest BCUT2D eigenvalue weighted by Gasteiger charge is -2.36. The molecule has 43 heavy (non-hydrogen) atoms. The van der Waals surface area contributed by atoms with Gasteiger partial charge in [-0.25, -0.2) is 4.90 Å². The van der Waals surface area contributed by atoms with Crippen LogP contribution in [0.4, 0.5) is 11.4 Å². The lowest BCUT2D eigenvalue weighted by molar-refractivity contribution is -0.384. The number of allylic oxidation sites excluding steroid dienone is 2. The van der Waals surface area contributed by atoms with Crippen molar-refractivity contribution < 1.29 is 29.8 Å². The van der Waals surface area contributed by atoms with Crippen molar-refractivity contribution in [2.45, 2.75) is 78.7 Å². The second kappa shape index (κ2) is 13.7. The number of aromatic hydroxyl groups is 1. The van der Waals surface area contributed by atoms with Gasteiger partial charge in [-0.3, -0.25) is 19.7 Å². The number of imide groups is 1. The Labute approximate surface area is 252 Å². The van der Waals surface area contributed by atoms with E-state index in [1.165, 1.54) is 24.3 Å². The summed E-state index contributed by atoms with van der Waals surface area (Å²) in [5.41, 5.74) is 5.22. The average Bonchev–Trinajstić information content (AvgIpc) is 3.22. The number of hydrogen-bond acceptors (Lipinski definition) is 7. The zero-order valence-electron chi connectivity index (χ0n) is 25.4. The normalized spacial score (nSPS) is 21.4. The highest BCUT2D eigenvalue weighted by Crippen LogP contribution is 2.48. The first kappa shape index (κ1) is 32.1. The number of nitrogens with zero attached hydrogens (tertiary/aromatic N) is 2. The van der Waals surface area contributed by atoms with Crippen LogP contribution < -0.4 is 4.90 Å². The maximum absolute atomic E-state index is 13.8. The Balaban J connectivity index is 1.62. The lowest BCUT2D eigenvalue weighted by atomic mass is 9.67. The molecule has 9 nitrogen and oxygen atoms in total. The molecule has 2 aliphatic rings. The summed E-state index contributed by atoms with van der Waals surface area (Å²) in [6.07, 6.45) is 5.69. The SMILES string of the molecule is CCCC1=C([C@H](O)CC/C(=C/c2cc(C)c(O)c(C)c2)CCC)[C@H](CO)[C@@H]2C(=O)N(c3cccc([N+](=O)[O-])c3)C(=O)[C@@H]2C1. The van der Waals surface area contributed by atoms with E-state index in [2.05, 4.69) is 13.0 Å². The van der Waals surface area contributed by atoms with Crippen LogP contribution in [0.2, 0.25) is 0 Å². The molecule has 0 unspecified atom stereocenters. The number of anilines is 1. The summed E-state index contributed by atoms with van der Waals surface area (Å²) in [7, 11) is 0. The van der Waals surface area contributed by atoms with Gasteiger partial charge in [-0.1, -0.05) is 50.0 Å². The Kier molecular flexibility index (Phi) is 10.2. The van der Waals surface area contributed by atoms with Gasteiger partial charge in [0.1, 0.15) is 5.75 Å². The number of benzene rings is 2. The number of hydrogen-bond donors (Lipinski definition) is 3. The minimum Gasteiger partial charge on any atom is -0.507 e. The number of nitro benzene ring substituents is 1. The van der Waals surface area contributed by atoms with Crippen molar-refractivity contribution >= 4 is 29.3 Å². The number of amides is 2. The summed E-state index contributed by atoms with van der Waals surface area (Å²) in [4.78, 5) is 39.2. The molecule has 1 heterocycles. The van der Waals surface area contributed by atoms with E-state index >= 15 is 0 Å². The van der Waals surface area contributed by atoms with E-state index in [4.69, 9.17) is 0 Å². The van der Waals surface area contributed by atoms with E-state index in [0.29, 0.717) is 31.3 Å². The Bertz CT molecular complexity index is 1440. The van der Waals surface area contributed by atoms with E-state index in [9.17, 15) is 35.0 Å². The first-order chi connectivity index (χ1) is 20.5. The van der Waals surface area contributed by atoms with E-state index in [1.54, 1.807) is 0 Å². The highest BCUT2D eigenvalue weighted by Gasteiger charge is 2.55. The Morgan fingerprint density at radius 1 is 1.09 bits per heavy atom. The third kappa shape index (κ3) is 6.58. The Morgan fingerprint density at radius 2 is 1.79 bits per heavy atom. The summed E-state index contributed by atoms with van der Waals surface area (Å²) in [5, 5.41) is 43.7. The number of aliphatic hydroxyl groups excluding tert-OH is 2. The van der Waals surface area contributed by atoms with Gasteiger partial charge >= 0.3 is 0 Å². The summed E-state index contributed by atoms with van der Waals surface area (Å²) in [6.45, 7) is 7.44. The molecular weight excluding hydrogens is 548 g/mol. The molecule has 1 saturated heterocycles. The summed E-state index contributed by atoms with van der Waals surface area (Å²) in [6, 6.07) is 9.35. The molecule has 2 amide bonds. The molecule has 9 heteroatoms. The van der Waals surface area contributed by atoms with Crippen LogP contribution in [0.15, 0.2) is 53.1 Å². The Morgan fingerprint density at radius 3 is 2.40 bits per heavy atom. The number of aliphatic hydroxyl groups is 2. The lowest BCUT2D eigenvalue weighted by Crippen LogP contribution is -2.39. The van der Waals surface area contributed by atoms with E-state index < -0.39 is 47.2 Å². The van der Waals surface area contributed by atoms with Crippen molar-refractivity contribution in [3.8, 4) is 5.75 Å². The fraction of sp³-hybridized carbons (Fsp3) is 0.471. The second-order valence-corrected chi connectivity index (χ2v) is 11.8. The maximum Gasteiger partial charge on any atom is 0.271 e. The molecule has 1 fully saturated rings. The van der Waals surface area contributed by atoms with Gasteiger partial charge in [0.15, 0.2) is 0 Å². The minimum absolute atomic E-state index is 0.142. The highest BCUT2D eigenvalue weighted by atomic mass is 16.6. The third-order valence-electron chi connectivity index (χ3n) is 8.78. The van der Waals surface area contributed by atoms with Crippen LogP contribution in [0.1, 0.15) is 75.5 Å². The van der Waals surface area contributed by atoms with Crippen LogP contribution in [-0.2, 0) is 9.59 Å². The molecule has 3 N–H and O–H groups in total. The van der Waals surface area contributed by atoms with E-state index in [1.807, 2.05) is 32.9 Å². The molecule has 2 aromatic rings. The fourth-order valence-corrected chi connectivity index (χ4v) is 6.87. The average molecular weight is 591 g/mol. The number of non-ortho nitro benzene ring substituents is 1. The second-order valence-electron chi connectivity index (χ2n) is 11.8. The van der Waals surface area contributed by atoms with Gasteiger partial charge in [-0.2, -0.15) is 0 Å². The van der Waals surface area contributed by atoms with Crippen LogP contribution in [0.5, 0.6) is 5.75 Å². The van der Waals surface area contributed by atoms with Gasteiger partial charge in [0.2, 0.25) is 11.8 Å². The minimum atomic E-state index is -0.905. The molecule has 1 aliphatic carbocycles. The van der Waals surface area contributed by atoms with Crippen LogP contribution in [0.3, 0.4) is 0 Å². The van der Waals surface area contributed by atoms with Crippen molar-refractivity contribution in [2.75, 3.05) is 11.5 Å². The number of carbonyl (C=O) groups excluding carboxylic acids is 2. The van der Waals surface area contributed by atoms with Crippen molar-refractivity contribution in [1.29, 1.82) is 0 Å². The van der Waals surface area contributed by atoms with Crippen LogP contribution >= 0.6 is 0 Å². The van der Waals surface area contributed by atoms with Gasteiger partial charge < -0.3 is 15.3 Å². The van der Waals surface area contributed by atoms with Crippen molar-refractivity contribution in [3.63, 3.8) is 0 Å². The first-order valence-electron chi connectivity index (χ1n) is 15.1. The smallest absolute Gasteiger partial charge is 0.271 e. The van der Waals surface area contributed by atoms with Gasteiger partial charge in [0, 0.05) is 18.1 Å². The predicted octanol–water partition coefficient (Wildman–Crippen LogP) is 6.16. The van der Waals surface area contributed by atoms with Gasteiger partial charge in [-0.15, -0.1) is 0 Å². The predicted molar refractivity (Wildman–Crippen MR) is 165 cm³/mol. The number of phenolic OH excluding ortho intramolecular Hbond substituents is 1. The molecule has 4 rings (SSSR count). The summed E-state index contributed by atoms with van der Waals surface area (Å²) < 4.78 is 0. The van der Waals surface area contributed by atoms with Gasteiger partial charge in [-0.05, 0) is 86.4 Å². The third-order valence-corrected chi connectivity index (χ3v) is 8.78. The molecule has 0 aromatic heterocycles. The van der Waals surface area contributed by atoms with Crippen LogP contribution in [0.25, 0.3) is 6.08 Å². The molecule has 0 saturated carbocycles. The molecule has 1 aliphatic heterocycles. The molecule has 2 aromatic carbocycles. The first-order valence-corrected chi connectivity index (χ1v) is 15.1. The quantitative estimate of drug-likeness (QED) is 0.116. The molecular formula is C34H42N2O7. The number of rotatable bonds is 12. The zero-order chi connectivity index (χ0) is 31.4. The fourth-order valence-electron chi connectivity index (χ4n) is 6.87. The number of carbonyl (C=O) groups is 2. The van der Waals surface area contributed by atoms with Crippen molar-refractivity contribution in [3.05, 3.63) is 79.9 Å². The molecule has 4 atom stereocenters. The summed E-state index contributed by atoms with van der Waals surface area (Å²) >= 11 is 0. The number of nitro groups is 1. The highest BCUT2D eigenvalue weighted by molar-refractivity contribution is 6.22. The topological polar surface area (TPSA) is 141 Å². The van der Waals surface area contributed by atoms with Crippen LogP contribution in [-0.4, -0.2) is 44.8 Å². The molecule has 0 spiro atoms. The standard InChI is InChI=1S/C34H42N2O7/c1-5-8-22(16-23-14-20(3)32(39)21(4)15-23)12-13-29(38)30-24(9-6-2)17-27-31(28(30)19-37)34(41)35(33(27)40)25-10-7-11-26(18-25)36(42)43/h7,10-11,14-16,18,27-29,31,37-39H,5-6,8-9,12-13,17,19H2,1-4H3/b22-16+/t27-,28+,29-,31-/m1/s1. The largest absolute Gasteiger partial charge is 0.507 e. The number of phenols is 1. The van der Waals surface area contributed by atoms with E-state index in [0.717, 1.165) is 52.0 Å². The van der Waals surface area contributed by atoms with Gasteiger partial charge in [0.05, 0.1) is 35.2 Å². The van der Waals surface area contributed by atoms with Gasteiger partial charge in [0.25, 0.3) is 5.69 Å². The molecule has 230 valence electrons. The molecule has 0 bridgehead atoms. The molecule has 0 radical (unpaired) electrons. The van der Waals surface area contributed by atoms with Crippen molar-refractivity contribution in [1.82, 2.24) is 0 Å².